The maximum atomic E-state index is 6.21. The predicted molar refractivity (Wildman–Crippen MR) is 66.7 cm³/mol. The van der Waals surface area contributed by atoms with Gasteiger partial charge in [-0.3, -0.25) is 4.90 Å². The van der Waals surface area contributed by atoms with E-state index in [0.717, 1.165) is 31.5 Å². The Balaban J connectivity index is 1.60. The van der Waals surface area contributed by atoms with Crippen LogP contribution in [-0.2, 0) is 4.74 Å². The van der Waals surface area contributed by atoms with E-state index in [4.69, 9.17) is 10.5 Å². The average molecular weight is 236 g/mol. The van der Waals surface area contributed by atoms with E-state index in [-0.39, 0.29) is 0 Å². The SMILES string of the molecule is NCC1(N2CC3CCC(C2)O3)CC2CCC1C2. The molecule has 3 nitrogen and oxygen atoms in total. The second kappa shape index (κ2) is 3.69. The summed E-state index contributed by atoms with van der Waals surface area (Å²) in [5, 5.41) is 0. The van der Waals surface area contributed by atoms with Crippen molar-refractivity contribution in [2.24, 2.45) is 17.6 Å². The highest BCUT2D eigenvalue weighted by Gasteiger charge is 2.55. The number of likely N-dealkylation sites (tertiary alicyclic amines) is 1. The van der Waals surface area contributed by atoms with Crippen LogP contribution < -0.4 is 5.73 Å². The summed E-state index contributed by atoms with van der Waals surface area (Å²) in [4.78, 5) is 2.74. The van der Waals surface area contributed by atoms with Gasteiger partial charge >= 0.3 is 0 Å². The molecule has 2 saturated carbocycles. The molecule has 3 heteroatoms. The Morgan fingerprint density at radius 2 is 1.88 bits per heavy atom. The summed E-state index contributed by atoms with van der Waals surface area (Å²) < 4.78 is 5.97. The molecule has 0 spiro atoms. The van der Waals surface area contributed by atoms with Gasteiger partial charge in [-0.25, -0.2) is 0 Å². The van der Waals surface area contributed by atoms with Crippen molar-refractivity contribution in [2.45, 2.75) is 56.3 Å². The maximum Gasteiger partial charge on any atom is 0.0707 e. The van der Waals surface area contributed by atoms with Gasteiger partial charge in [0.1, 0.15) is 0 Å². The fraction of sp³-hybridized carbons (Fsp3) is 1.00. The molecule has 0 aromatic carbocycles. The van der Waals surface area contributed by atoms with E-state index in [2.05, 4.69) is 4.90 Å². The zero-order chi connectivity index (χ0) is 11.5. The fourth-order valence-electron chi connectivity index (χ4n) is 5.16. The quantitative estimate of drug-likeness (QED) is 0.787. The van der Waals surface area contributed by atoms with Crippen LogP contribution in [0.25, 0.3) is 0 Å². The number of fused-ring (bicyclic) bond motifs is 4. The summed E-state index contributed by atoms with van der Waals surface area (Å²) in [5.41, 5.74) is 6.57. The number of hydrogen-bond donors (Lipinski definition) is 1. The van der Waals surface area contributed by atoms with E-state index in [0.29, 0.717) is 17.7 Å². The molecule has 96 valence electrons. The number of hydrogen-bond acceptors (Lipinski definition) is 3. The molecule has 2 N–H and O–H groups in total. The van der Waals surface area contributed by atoms with Crippen molar-refractivity contribution in [1.82, 2.24) is 4.90 Å². The van der Waals surface area contributed by atoms with Crippen molar-refractivity contribution in [1.29, 1.82) is 0 Å². The summed E-state index contributed by atoms with van der Waals surface area (Å²) in [6.45, 7) is 3.17. The minimum atomic E-state index is 0.355. The number of rotatable bonds is 2. The Hall–Kier alpha value is -0.120. The maximum absolute atomic E-state index is 6.21. The lowest BCUT2D eigenvalue weighted by molar-refractivity contribution is -0.0903. The zero-order valence-corrected chi connectivity index (χ0v) is 10.6. The Kier molecular flexibility index (Phi) is 2.34. The van der Waals surface area contributed by atoms with Gasteiger partial charge in [-0.2, -0.15) is 0 Å². The first-order valence-corrected chi connectivity index (χ1v) is 7.41. The first-order chi connectivity index (χ1) is 8.30. The minimum absolute atomic E-state index is 0.355. The van der Waals surface area contributed by atoms with Crippen LogP contribution in [0, 0.1) is 11.8 Å². The molecular weight excluding hydrogens is 212 g/mol. The molecule has 0 aromatic heterocycles. The molecule has 4 rings (SSSR count). The first-order valence-electron chi connectivity index (χ1n) is 7.41. The number of ether oxygens (including phenoxy) is 1. The average Bonchev–Trinajstić information content (AvgIpc) is 3.03. The molecule has 0 radical (unpaired) electrons. The standard InChI is InChI=1S/C14H24N2O/c15-9-14(6-10-1-2-11(14)5-10)16-7-12-3-4-13(8-16)17-12/h10-13H,1-9,15H2. The third kappa shape index (κ3) is 1.45. The monoisotopic (exact) mass is 236 g/mol. The molecule has 4 fully saturated rings. The summed E-state index contributed by atoms with van der Waals surface area (Å²) in [6, 6.07) is 0. The Morgan fingerprint density at radius 1 is 1.12 bits per heavy atom. The highest BCUT2D eigenvalue weighted by Crippen LogP contribution is 2.53. The number of morpholine rings is 1. The first kappa shape index (κ1) is 10.8. The van der Waals surface area contributed by atoms with Gasteiger partial charge in [-0.1, -0.05) is 6.42 Å². The van der Waals surface area contributed by atoms with E-state index < -0.39 is 0 Å². The van der Waals surface area contributed by atoms with Gasteiger partial charge in [-0.05, 0) is 43.9 Å². The lowest BCUT2D eigenvalue weighted by Gasteiger charge is -2.49. The summed E-state index contributed by atoms with van der Waals surface area (Å²) in [7, 11) is 0. The predicted octanol–water partition coefficient (Wildman–Crippen LogP) is 1.37. The van der Waals surface area contributed by atoms with Crippen molar-refractivity contribution in [3.05, 3.63) is 0 Å². The largest absolute Gasteiger partial charge is 0.372 e. The van der Waals surface area contributed by atoms with Gasteiger partial charge in [0.15, 0.2) is 0 Å². The van der Waals surface area contributed by atoms with Crippen LogP contribution in [0.4, 0.5) is 0 Å². The van der Waals surface area contributed by atoms with E-state index in [9.17, 15) is 0 Å². The van der Waals surface area contributed by atoms with Crippen molar-refractivity contribution in [2.75, 3.05) is 19.6 Å². The third-order valence-electron chi connectivity index (χ3n) is 5.97. The minimum Gasteiger partial charge on any atom is -0.372 e. The highest BCUT2D eigenvalue weighted by molar-refractivity contribution is 5.10. The van der Waals surface area contributed by atoms with Gasteiger partial charge in [0.05, 0.1) is 12.2 Å². The van der Waals surface area contributed by atoms with Crippen LogP contribution in [-0.4, -0.2) is 42.3 Å². The molecule has 0 aromatic rings. The zero-order valence-electron chi connectivity index (χ0n) is 10.6. The van der Waals surface area contributed by atoms with Crippen LogP contribution in [0.5, 0.6) is 0 Å². The fourth-order valence-corrected chi connectivity index (χ4v) is 5.16. The van der Waals surface area contributed by atoms with E-state index in [1.165, 1.54) is 38.5 Å². The molecule has 4 bridgehead atoms. The summed E-state index contributed by atoms with van der Waals surface area (Å²) in [6.07, 6.45) is 9.27. The molecule has 2 heterocycles. The van der Waals surface area contributed by atoms with Gasteiger partial charge in [0, 0.05) is 25.2 Å². The smallest absolute Gasteiger partial charge is 0.0707 e. The Morgan fingerprint density at radius 3 is 2.41 bits per heavy atom. The second-order valence-electron chi connectivity index (χ2n) is 6.75. The lowest BCUT2D eigenvalue weighted by Crippen LogP contribution is -2.62. The lowest BCUT2D eigenvalue weighted by atomic mass is 9.79. The number of nitrogens with zero attached hydrogens (tertiary/aromatic N) is 1. The molecule has 4 aliphatic rings. The topological polar surface area (TPSA) is 38.5 Å². The van der Waals surface area contributed by atoms with Crippen molar-refractivity contribution >= 4 is 0 Å². The van der Waals surface area contributed by atoms with Crippen molar-refractivity contribution < 1.29 is 4.74 Å². The van der Waals surface area contributed by atoms with Crippen LogP contribution >= 0.6 is 0 Å². The second-order valence-corrected chi connectivity index (χ2v) is 6.75. The molecular formula is C14H24N2O. The van der Waals surface area contributed by atoms with Crippen LogP contribution in [0.15, 0.2) is 0 Å². The molecule has 2 saturated heterocycles. The Bertz CT molecular complexity index is 309. The van der Waals surface area contributed by atoms with E-state index >= 15 is 0 Å². The molecule has 2 aliphatic carbocycles. The van der Waals surface area contributed by atoms with Gasteiger partial charge in [-0.15, -0.1) is 0 Å². The molecule has 2 aliphatic heterocycles. The third-order valence-corrected chi connectivity index (χ3v) is 5.97. The van der Waals surface area contributed by atoms with E-state index in [1.807, 2.05) is 0 Å². The van der Waals surface area contributed by atoms with Crippen LogP contribution in [0.1, 0.15) is 38.5 Å². The highest BCUT2D eigenvalue weighted by atomic mass is 16.5. The molecule has 5 unspecified atom stereocenters. The number of nitrogens with two attached hydrogens (primary N) is 1. The van der Waals surface area contributed by atoms with Crippen molar-refractivity contribution in [3.8, 4) is 0 Å². The summed E-state index contributed by atoms with van der Waals surface area (Å²) in [5.74, 6) is 1.86. The van der Waals surface area contributed by atoms with Gasteiger partial charge in [0.25, 0.3) is 0 Å². The summed E-state index contributed by atoms with van der Waals surface area (Å²) >= 11 is 0. The normalized spacial score (nSPS) is 53.5. The molecule has 0 amide bonds. The van der Waals surface area contributed by atoms with Gasteiger partial charge in [0.2, 0.25) is 0 Å². The van der Waals surface area contributed by atoms with Gasteiger partial charge < -0.3 is 10.5 Å². The molecule has 5 atom stereocenters. The van der Waals surface area contributed by atoms with Crippen molar-refractivity contribution in [3.63, 3.8) is 0 Å². The molecule has 17 heavy (non-hydrogen) atoms. The van der Waals surface area contributed by atoms with Crippen LogP contribution in [0.3, 0.4) is 0 Å². The Labute approximate surface area is 104 Å². The van der Waals surface area contributed by atoms with E-state index in [1.54, 1.807) is 0 Å². The van der Waals surface area contributed by atoms with Crippen LogP contribution in [0.2, 0.25) is 0 Å².